The normalized spacial score (nSPS) is 19.7. The fourth-order valence-corrected chi connectivity index (χ4v) is 3.07. The van der Waals surface area contributed by atoms with Gasteiger partial charge in [-0.2, -0.15) is 0 Å². The first-order valence-electron chi connectivity index (χ1n) is 6.18. The Balaban J connectivity index is 2.37. The molecule has 0 amide bonds. The van der Waals surface area contributed by atoms with Crippen molar-refractivity contribution in [2.75, 3.05) is 6.26 Å². The summed E-state index contributed by atoms with van der Waals surface area (Å²) < 4.78 is 16.1. The third-order valence-corrected chi connectivity index (χ3v) is 3.86. The van der Waals surface area contributed by atoms with E-state index in [1.807, 2.05) is 19.1 Å². The van der Waals surface area contributed by atoms with Gasteiger partial charge < -0.3 is 4.18 Å². The molecule has 1 aromatic rings. The Hall–Kier alpha value is -1.42. The highest BCUT2D eigenvalue weighted by atomic mass is 32.2. The molecule has 1 atom stereocenters. The molecular weight excluding hydrogens is 260 g/mol. The summed E-state index contributed by atoms with van der Waals surface area (Å²) >= 11 is -1.32. The van der Waals surface area contributed by atoms with Crippen molar-refractivity contribution in [3.63, 3.8) is 0 Å². The van der Waals surface area contributed by atoms with Gasteiger partial charge in [0.2, 0.25) is 11.1 Å². The quantitative estimate of drug-likeness (QED) is 0.853. The van der Waals surface area contributed by atoms with Crippen LogP contribution in [0.1, 0.15) is 32.8 Å². The standard InChI is InChI=1S/C15H18O3S/c1-10-13(16)9-15(2,3)14(10)11-5-7-12(8-6-11)18-19(4)17/h5-8H,9H2,1-4H3. The number of hydrogen-bond donors (Lipinski definition) is 0. The number of carbonyl (C=O) groups is 1. The molecule has 2 rings (SSSR count). The molecular formula is C15H18O3S. The minimum absolute atomic E-state index is 0.128. The first kappa shape index (κ1) is 14.0. The van der Waals surface area contributed by atoms with Crippen LogP contribution in [0.2, 0.25) is 0 Å². The van der Waals surface area contributed by atoms with Crippen molar-refractivity contribution >= 4 is 22.4 Å². The van der Waals surface area contributed by atoms with Crippen molar-refractivity contribution in [3.8, 4) is 5.75 Å². The Bertz CT molecular complexity index is 568. The lowest BCUT2D eigenvalue weighted by Gasteiger charge is -2.22. The van der Waals surface area contributed by atoms with Crippen molar-refractivity contribution in [2.24, 2.45) is 5.41 Å². The van der Waals surface area contributed by atoms with E-state index in [-0.39, 0.29) is 11.2 Å². The number of benzene rings is 1. The summed E-state index contributed by atoms with van der Waals surface area (Å²) in [6.07, 6.45) is 2.05. The average Bonchev–Trinajstić information content (AvgIpc) is 2.49. The zero-order valence-electron chi connectivity index (χ0n) is 11.6. The summed E-state index contributed by atoms with van der Waals surface area (Å²) in [5, 5.41) is 0. The molecule has 0 aromatic heterocycles. The summed E-state index contributed by atoms with van der Waals surface area (Å²) in [5.74, 6) is 0.792. The molecule has 102 valence electrons. The minimum atomic E-state index is -1.32. The van der Waals surface area contributed by atoms with Crippen LogP contribution in [0.25, 0.3) is 5.57 Å². The average molecular weight is 278 g/mol. The number of hydrogen-bond acceptors (Lipinski definition) is 3. The molecule has 0 spiro atoms. The first-order valence-corrected chi connectivity index (χ1v) is 7.66. The van der Waals surface area contributed by atoms with Crippen LogP contribution in [0, 0.1) is 5.41 Å². The third kappa shape index (κ3) is 2.78. The zero-order valence-corrected chi connectivity index (χ0v) is 12.5. The number of Topliss-reactive ketones (excluding diaryl/α,β-unsaturated/α-hetero) is 1. The Kier molecular flexibility index (Phi) is 3.63. The highest BCUT2D eigenvalue weighted by Gasteiger charge is 2.36. The van der Waals surface area contributed by atoms with Gasteiger partial charge in [0.25, 0.3) is 0 Å². The van der Waals surface area contributed by atoms with E-state index in [2.05, 4.69) is 13.8 Å². The molecule has 19 heavy (non-hydrogen) atoms. The van der Waals surface area contributed by atoms with Crippen LogP contribution in [0.4, 0.5) is 0 Å². The minimum Gasteiger partial charge on any atom is -0.401 e. The molecule has 1 aromatic carbocycles. The maximum atomic E-state index is 11.9. The van der Waals surface area contributed by atoms with Gasteiger partial charge in [0, 0.05) is 12.7 Å². The molecule has 0 aliphatic heterocycles. The van der Waals surface area contributed by atoms with Crippen LogP contribution < -0.4 is 4.18 Å². The molecule has 0 saturated carbocycles. The summed E-state index contributed by atoms with van der Waals surface area (Å²) in [7, 11) is 0. The predicted molar refractivity (Wildman–Crippen MR) is 77.1 cm³/mol. The number of ketones is 1. The fraction of sp³-hybridized carbons (Fsp3) is 0.400. The molecule has 3 nitrogen and oxygen atoms in total. The second-order valence-corrected chi connectivity index (χ2v) is 6.46. The van der Waals surface area contributed by atoms with Gasteiger partial charge in [0.1, 0.15) is 5.75 Å². The predicted octanol–water partition coefficient (Wildman–Crippen LogP) is 3.13. The molecule has 0 fully saturated rings. The lowest BCUT2D eigenvalue weighted by atomic mass is 9.81. The van der Waals surface area contributed by atoms with E-state index in [9.17, 15) is 9.00 Å². The Morgan fingerprint density at radius 2 is 1.79 bits per heavy atom. The van der Waals surface area contributed by atoms with Crippen LogP contribution in [0.3, 0.4) is 0 Å². The van der Waals surface area contributed by atoms with Crippen LogP contribution in [-0.2, 0) is 15.9 Å². The van der Waals surface area contributed by atoms with E-state index in [1.165, 1.54) is 6.26 Å². The molecule has 1 aliphatic carbocycles. The summed E-state index contributed by atoms with van der Waals surface area (Å²) in [5.41, 5.74) is 2.85. The molecule has 1 unspecified atom stereocenters. The van der Waals surface area contributed by atoms with Gasteiger partial charge in [-0.3, -0.25) is 4.79 Å². The van der Waals surface area contributed by atoms with Crippen LogP contribution in [0.15, 0.2) is 29.8 Å². The van der Waals surface area contributed by atoms with Crippen molar-refractivity contribution in [3.05, 3.63) is 35.4 Å². The Morgan fingerprint density at radius 1 is 1.21 bits per heavy atom. The van der Waals surface area contributed by atoms with Gasteiger partial charge >= 0.3 is 0 Å². The maximum absolute atomic E-state index is 11.9. The molecule has 0 radical (unpaired) electrons. The van der Waals surface area contributed by atoms with E-state index in [0.29, 0.717) is 12.2 Å². The summed E-state index contributed by atoms with van der Waals surface area (Å²) in [4.78, 5) is 11.9. The lowest BCUT2D eigenvalue weighted by Crippen LogP contribution is -2.10. The Morgan fingerprint density at radius 3 is 2.21 bits per heavy atom. The van der Waals surface area contributed by atoms with Gasteiger partial charge in [-0.05, 0) is 41.2 Å². The van der Waals surface area contributed by atoms with Crippen LogP contribution in [0.5, 0.6) is 5.75 Å². The Labute approximate surface area is 116 Å². The first-order chi connectivity index (χ1) is 8.81. The molecule has 0 N–H and O–H groups in total. The van der Waals surface area contributed by atoms with Gasteiger partial charge in [-0.1, -0.05) is 26.0 Å². The van der Waals surface area contributed by atoms with E-state index in [1.54, 1.807) is 12.1 Å². The fourth-order valence-electron chi connectivity index (χ4n) is 2.69. The lowest BCUT2D eigenvalue weighted by molar-refractivity contribution is -0.115. The summed E-state index contributed by atoms with van der Waals surface area (Å²) in [6, 6.07) is 7.41. The highest BCUT2D eigenvalue weighted by molar-refractivity contribution is 7.79. The van der Waals surface area contributed by atoms with Gasteiger partial charge in [-0.15, -0.1) is 0 Å². The maximum Gasteiger partial charge on any atom is 0.203 e. The summed E-state index contributed by atoms with van der Waals surface area (Å²) in [6.45, 7) is 6.06. The van der Waals surface area contributed by atoms with Gasteiger partial charge in [-0.25, -0.2) is 4.21 Å². The van der Waals surface area contributed by atoms with Crippen LogP contribution in [-0.4, -0.2) is 16.2 Å². The van der Waals surface area contributed by atoms with Gasteiger partial charge in [0.05, 0.1) is 0 Å². The van der Waals surface area contributed by atoms with Crippen molar-refractivity contribution in [2.45, 2.75) is 27.2 Å². The van der Waals surface area contributed by atoms with Crippen LogP contribution >= 0.6 is 0 Å². The third-order valence-electron chi connectivity index (χ3n) is 3.43. The second-order valence-electron chi connectivity index (χ2n) is 5.49. The topological polar surface area (TPSA) is 43.4 Å². The van der Waals surface area contributed by atoms with Gasteiger partial charge in [0.15, 0.2) is 5.78 Å². The van der Waals surface area contributed by atoms with E-state index < -0.39 is 11.1 Å². The highest BCUT2D eigenvalue weighted by Crippen LogP contribution is 2.46. The number of carbonyl (C=O) groups excluding carboxylic acids is 1. The smallest absolute Gasteiger partial charge is 0.203 e. The molecule has 0 heterocycles. The number of allylic oxidation sites excluding steroid dienone is 2. The molecule has 0 saturated heterocycles. The van der Waals surface area contributed by atoms with E-state index in [4.69, 9.17) is 4.18 Å². The van der Waals surface area contributed by atoms with Crippen molar-refractivity contribution in [1.82, 2.24) is 0 Å². The second kappa shape index (κ2) is 4.93. The zero-order chi connectivity index (χ0) is 14.2. The van der Waals surface area contributed by atoms with Crippen molar-refractivity contribution < 1.29 is 13.2 Å². The SMILES string of the molecule is CC1=C(c2ccc(OS(C)=O)cc2)C(C)(C)CC1=O. The molecule has 4 heteroatoms. The molecule has 1 aliphatic rings. The van der Waals surface area contributed by atoms with Crippen molar-refractivity contribution in [1.29, 1.82) is 0 Å². The number of rotatable bonds is 3. The van der Waals surface area contributed by atoms with E-state index in [0.717, 1.165) is 16.7 Å². The van der Waals surface area contributed by atoms with E-state index >= 15 is 0 Å². The largest absolute Gasteiger partial charge is 0.401 e. The molecule has 0 bridgehead atoms. The monoisotopic (exact) mass is 278 g/mol.